The summed E-state index contributed by atoms with van der Waals surface area (Å²) >= 11 is 17.0. The van der Waals surface area contributed by atoms with Crippen molar-refractivity contribution in [3.05, 3.63) is 90.7 Å². The summed E-state index contributed by atoms with van der Waals surface area (Å²) in [6, 6.07) is 17.1. The van der Waals surface area contributed by atoms with E-state index in [1.54, 1.807) is 18.2 Å². The van der Waals surface area contributed by atoms with Gasteiger partial charge in [-0.05, 0) is 100 Å². The normalized spacial score (nSPS) is 15.4. The zero-order valence-electron chi connectivity index (χ0n) is 19.6. The molecule has 1 amide bonds. The minimum atomic E-state index is -0.196. The zero-order valence-corrected chi connectivity index (χ0v) is 23.5. The molecular weight excluding hydrogens is 583 g/mol. The molecule has 0 atom stereocenters. The van der Waals surface area contributed by atoms with Crippen molar-refractivity contribution in [2.24, 2.45) is 4.99 Å². The molecule has 3 aromatic carbocycles. The summed E-state index contributed by atoms with van der Waals surface area (Å²) in [6.45, 7) is 4.75. The first-order valence-corrected chi connectivity index (χ1v) is 13.6. The number of ether oxygens (including phenoxy) is 2. The highest BCUT2D eigenvalue weighted by Crippen LogP contribution is 2.39. The molecule has 0 aromatic heterocycles. The number of amides is 1. The van der Waals surface area contributed by atoms with Crippen LogP contribution in [0.4, 0.5) is 5.69 Å². The number of nitrogens with zero attached hydrogens (tertiary/aromatic N) is 1. The molecule has 0 spiro atoms. The largest absolute Gasteiger partial charge is 0.490 e. The lowest BCUT2D eigenvalue weighted by molar-refractivity contribution is -0.115. The second kappa shape index (κ2) is 12.2. The van der Waals surface area contributed by atoms with E-state index in [1.807, 2.05) is 49.4 Å². The number of hydrogen-bond donors (Lipinski definition) is 1. The van der Waals surface area contributed by atoms with E-state index in [2.05, 4.69) is 33.2 Å². The predicted octanol–water partition coefficient (Wildman–Crippen LogP) is 8.19. The van der Waals surface area contributed by atoms with Gasteiger partial charge >= 0.3 is 0 Å². The minimum Gasteiger partial charge on any atom is -0.490 e. The van der Waals surface area contributed by atoms with Gasteiger partial charge in [0.05, 0.1) is 31.7 Å². The Labute approximate surface area is 233 Å². The van der Waals surface area contributed by atoms with Crippen LogP contribution in [-0.2, 0) is 17.8 Å². The first-order valence-electron chi connectivity index (χ1n) is 11.3. The van der Waals surface area contributed by atoms with Crippen molar-refractivity contribution in [1.82, 2.24) is 5.32 Å². The number of aliphatic imine (C=N–C) groups is 1. The number of nitrogens with one attached hydrogen (secondary N) is 1. The van der Waals surface area contributed by atoms with Crippen molar-refractivity contribution in [3.8, 4) is 11.5 Å². The maximum absolute atomic E-state index is 12.6. The molecule has 1 saturated heterocycles. The van der Waals surface area contributed by atoms with Crippen LogP contribution in [0.1, 0.15) is 30.5 Å². The van der Waals surface area contributed by atoms with Crippen LogP contribution in [0, 0.1) is 0 Å². The monoisotopic (exact) mass is 604 g/mol. The lowest BCUT2D eigenvalue weighted by atomic mass is 10.1. The second-order valence-electron chi connectivity index (χ2n) is 7.80. The SMILES string of the molecule is CCOc1cc(/C=C2\SC(=Nc3ccc(CC)cc3)NC2=O)cc(Br)c1OCc1ccc(Cl)c(Cl)c1. The quantitative estimate of drug-likeness (QED) is 0.263. The molecule has 0 radical (unpaired) electrons. The minimum absolute atomic E-state index is 0.196. The summed E-state index contributed by atoms with van der Waals surface area (Å²) in [5.74, 6) is 0.927. The molecule has 186 valence electrons. The number of benzene rings is 3. The lowest BCUT2D eigenvalue weighted by Gasteiger charge is -2.15. The van der Waals surface area contributed by atoms with Gasteiger partial charge in [-0.25, -0.2) is 4.99 Å². The maximum Gasteiger partial charge on any atom is 0.264 e. The fourth-order valence-corrected chi connectivity index (χ4v) is 5.15. The second-order valence-corrected chi connectivity index (χ2v) is 10.5. The molecular formula is C27H23BrCl2N2O3S. The Bertz CT molecular complexity index is 1340. The third-order valence-corrected chi connectivity index (χ3v) is 7.46. The molecule has 4 rings (SSSR count). The van der Waals surface area contributed by atoms with Gasteiger partial charge in [0.1, 0.15) is 6.61 Å². The zero-order chi connectivity index (χ0) is 25.7. The third-order valence-electron chi connectivity index (χ3n) is 5.22. The standard InChI is InChI=1S/C27H23BrCl2N2O3S/c1-3-16-5-8-19(9-6-16)31-27-32-26(33)24(36-27)14-18-11-20(28)25(23(13-18)34-4-2)35-15-17-7-10-21(29)22(30)12-17/h5-14H,3-4,15H2,1-2H3,(H,31,32,33)/b24-14-. The number of halogens is 3. The lowest BCUT2D eigenvalue weighted by Crippen LogP contribution is -2.19. The van der Waals surface area contributed by atoms with Gasteiger partial charge in [0.2, 0.25) is 0 Å². The number of thioether (sulfide) groups is 1. The predicted molar refractivity (Wildman–Crippen MR) is 153 cm³/mol. The molecule has 36 heavy (non-hydrogen) atoms. The number of hydrogen-bond acceptors (Lipinski definition) is 5. The highest BCUT2D eigenvalue weighted by atomic mass is 79.9. The Hall–Kier alpha value is -2.45. The van der Waals surface area contributed by atoms with Crippen LogP contribution in [0.15, 0.2) is 69.0 Å². The van der Waals surface area contributed by atoms with Crippen LogP contribution in [0.25, 0.3) is 6.08 Å². The molecule has 0 unspecified atom stereocenters. The first kappa shape index (κ1) is 26.6. The topological polar surface area (TPSA) is 59.9 Å². The molecule has 5 nitrogen and oxygen atoms in total. The summed E-state index contributed by atoms with van der Waals surface area (Å²) in [4.78, 5) is 17.7. The van der Waals surface area contributed by atoms with Crippen molar-refractivity contribution >= 4 is 73.7 Å². The van der Waals surface area contributed by atoms with Gasteiger partial charge in [0, 0.05) is 0 Å². The van der Waals surface area contributed by atoms with Crippen molar-refractivity contribution < 1.29 is 14.3 Å². The number of amidine groups is 1. The van der Waals surface area contributed by atoms with Gasteiger partial charge in [-0.1, -0.05) is 48.3 Å². The Balaban J connectivity index is 1.54. The number of carbonyl (C=O) groups is 1. The maximum atomic E-state index is 12.6. The Kier molecular flexibility index (Phi) is 9.01. The van der Waals surface area contributed by atoms with Crippen LogP contribution >= 0.6 is 50.9 Å². The summed E-state index contributed by atoms with van der Waals surface area (Å²) < 4.78 is 12.6. The Morgan fingerprint density at radius 3 is 2.44 bits per heavy atom. The molecule has 1 aliphatic heterocycles. The average Bonchev–Trinajstić information content (AvgIpc) is 3.19. The number of rotatable bonds is 8. The van der Waals surface area contributed by atoms with E-state index < -0.39 is 0 Å². The summed E-state index contributed by atoms with van der Waals surface area (Å²) in [5.41, 5.74) is 3.70. The molecule has 1 heterocycles. The highest BCUT2D eigenvalue weighted by molar-refractivity contribution is 9.10. The van der Waals surface area contributed by atoms with Crippen molar-refractivity contribution in [2.45, 2.75) is 26.9 Å². The Morgan fingerprint density at radius 2 is 1.75 bits per heavy atom. The molecule has 0 aliphatic carbocycles. The van der Waals surface area contributed by atoms with Gasteiger partial charge in [-0.3, -0.25) is 4.79 Å². The van der Waals surface area contributed by atoms with Crippen molar-refractivity contribution in [2.75, 3.05) is 6.61 Å². The molecule has 1 fully saturated rings. The number of carbonyl (C=O) groups excluding carboxylic acids is 1. The fraction of sp³-hybridized carbons (Fsp3) is 0.185. The smallest absolute Gasteiger partial charge is 0.264 e. The van der Waals surface area contributed by atoms with Crippen molar-refractivity contribution in [1.29, 1.82) is 0 Å². The summed E-state index contributed by atoms with van der Waals surface area (Å²) in [7, 11) is 0. The van der Waals surface area contributed by atoms with Gasteiger partial charge in [-0.2, -0.15) is 0 Å². The molecule has 1 N–H and O–H groups in total. The van der Waals surface area contributed by atoms with E-state index in [1.165, 1.54) is 17.3 Å². The molecule has 0 saturated carbocycles. The third kappa shape index (κ3) is 6.65. The van der Waals surface area contributed by atoms with Crippen LogP contribution < -0.4 is 14.8 Å². The van der Waals surface area contributed by atoms with E-state index >= 15 is 0 Å². The highest BCUT2D eigenvalue weighted by Gasteiger charge is 2.24. The van der Waals surface area contributed by atoms with Gasteiger partial charge in [0.25, 0.3) is 5.91 Å². The molecule has 9 heteroatoms. The van der Waals surface area contributed by atoms with Crippen molar-refractivity contribution in [3.63, 3.8) is 0 Å². The van der Waals surface area contributed by atoms with Gasteiger partial charge < -0.3 is 14.8 Å². The molecule has 0 bridgehead atoms. The van der Waals surface area contributed by atoms with Gasteiger partial charge in [-0.15, -0.1) is 0 Å². The first-order chi connectivity index (χ1) is 17.4. The van der Waals surface area contributed by atoms with E-state index in [9.17, 15) is 4.79 Å². The van der Waals surface area contributed by atoms with E-state index in [0.717, 1.165) is 23.2 Å². The van der Waals surface area contributed by atoms with Crippen LogP contribution in [0.2, 0.25) is 10.0 Å². The van der Waals surface area contributed by atoms with E-state index in [0.29, 0.717) is 42.7 Å². The fourth-order valence-electron chi connectivity index (χ4n) is 3.41. The summed E-state index contributed by atoms with van der Waals surface area (Å²) in [5, 5.41) is 4.34. The summed E-state index contributed by atoms with van der Waals surface area (Å²) in [6.07, 6.45) is 2.77. The van der Waals surface area contributed by atoms with Crippen LogP contribution in [0.5, 0.6) is 11.5 Å². The van der Waals surface area contributed by atoms with Gasteiger partial charge in [0.15, 0.2) is 16.7 Å². The van der Waals surface area contributed by atoms with Crippen LogP contribution in [-0.4, -0.2) is 17.7 Å². The Morgan fingerprint density at radius 1 is 1.00 bits per heavy atom. The van der Waals surface area contributed by atoms with E-state index in [-0.39, 0.29) is 12.5 Å². The number of aryl methyl sites for hydroxylation is 1. The molecule has 3 aromatic rings. The van der Waals surface area contributed by atoms with E-state index in [4.69, 9.17) is 32.7 Å². The molecule has 1 aliphatic rings. The van der Waals surface area contributed by atoms with Crippen LogP contribution in [0.3, 0.4) is 0 Å². The average molecular weight is 606 g/mol.